The van der Waals surface area contributed by atoms with E-state index in [1.807, 2.05) is 25.1 Å². The molecule has 2 amide bonds. The number of ether oxygens (including phenoxy) is 1. The normalized spacial score (nSPS) is 15.2. The van der Waals surface area contributed by atoms with Gasteiger partial charge in [-0.1, -0.05) is 6.07 Å². The maximum atomic E-state index is 12.2. The molecule has 20 heavy (non-hydrogen) atoms. The zero-order chi connectivity index (χ0) is 14.7. The number of hydrogen-bond donors (Lipinski definition) is 0. The van der Waals surface area contributed by atoms with E-state index in [0.29, 0.717) is 24.5 Å². The van der Waals surface area contributed by atoms with Crippen LogP contribution in [0, 0.1) is 18.3 Å². The van der Waals surface area contributed by atoms with Crippen molar-refractivity contribution in [3.05, 3.63) is 23.8 Å². The average molecular weight is 273 g/mol. The summed E-state index contributed by atoms with van der Waals surface area (Å²) in [5, 5.41) is 8.64. The molecular weight excluding hydrogens is 258 g/mol. The summed E-state index contributed by atoms with van der Waals surface area (Å²) in [5.74, 6) is -0.734. The molecule has 6 heteroatoms. The average Bonchev–Trinajstić information content (AvgIpc) is 2.44. The van der Waals surface area contributed by atoms with Crippen molar-refractivity contribution < 1.29 is 14.3 Å². The molecule has 1 aromatic carbocycles. The van der Waals surface area contributed by atoms with Crippen LogP contribution in [0.3, 0.4) is 0 Å². The van der Waals surface area contributed by atoms with Gasteiger partial charge in [-0.25, -0.2) is 0 Å². The van der Waals surface area contributed by atoms with Crippen molar-refractivity contribution in [3.63, 3.8) is 0 Å². The molecule has 0 saturated carbocycles. The Morgan fingerprint density at radius 2 is 2.05 bits per heavy atom. The summed E-state index contributed by atoms with van der Waals surface area (Å²) in [4.78, 5) is 26.7. The van der Waals surface area contributed by atoms with Crippen LogP contribution < -0.4 is 9.64 Å². The number of rotatable bonds is 3. The summed E-state index contributed by atoms with van der Waals surface area (Å²) in [5.41, 5.74) is 1.56. The van der Waals surface area contributed by atoms with E-state index in [-0.39, 0.29) is 6.54 Å². The number of hydrogen-bond acceptors (Lipinski definition) is 4. The van der Waals surface area contributed by atoms with E-state index in [4.69, 9.17) is 10.00 Å². The molecule has 1 saturated heterocycles. The van der Waals surface area contributed by atoms with Crippen LogP contribution in [0.5, 0.6) is 5.75 Å². The molecule has 0 unspecified atom stereocenters. The fourth-order valence-electron chi connectivity index (χ4n) is 2.15. The van der Waals surface area contributed by atoms with Crippen LogP contribution in [0.2, 0.25) is 0 Å². The number of carbonyl (C=O) groups excluding carboxylic acids is 2. The molecule has 1 aliphatic rings. The van der Waals surface area contributed by atoms with Gasteiger partial charge in [0.2, 0.25) is 0 Å². The number of anilines is 1. The second-order valence-electron chi connectivity index (χ2n) is 4.52. The molecule has 104 valence electrons. The molecule has 1 fully saturated rings. The van der Waals surface area contributed by atoms with Crippen molar-refractivity contribution in [2.24, 2.45) is 0 Å². The van der Waals surface area contributed by atoms with Gasteiger partial charge in [0.25, 0.3) is 0 Å². The standard InChI is InChI=1S/C14H15N3O3/c1-10-3-4-12(20-2)11(9-10)17-8-7-16(6-5-15)13(18)14(17)19/h3-4,9H,6-8H2,1-2H3. The third-order valence-corrected chi connectivity index (χ3v) is 3.20. The number of carbonyl (C=O) groups is 2. The van der Waals surface area contributed by atoms with E-state index in [1.54, 1.807) is 6.07 Å². The Morgan fingerprint density at radius 3 is 2.70 bits per heavy atom. The van der Waals surface area contributed by atoms with E-state index in [0.717, 1.165) is 5.56 Å². The van der Waals surface area contributed by atoms with Gasteiger partial charge in [0.1, 0.15) is 12.3 Å². The van der Waals surface area contributed by atoms with Gasteiger partial charge in [-0.3, -0.25) is 14.5 Å². The molecule has 0 aromatic heterocycles. The molecule has 0 spiro atoms. The maximum Gasteiger partial charge on any atom is 0.316 e. The number of nitrogens with zero attached hydrogens (tertiary/aromatic N) is 3. The highest BCUT2D eigenvalue weighted by atomic mass is 16.5. The van der Waals surface area contributed by atoms with E-state index < -0.39 is 11.8 Å². The van der Waals surface area contributed by atoms with Gasteiger partial charge in [0.05, 0.1) is 18.9 Å². The van der Waals surface area contributed by atoms with Gasteiger partial charge in [-0.05, 0) is 24.6 Å². The van der Waals surface area contributed by atoms with Gasteiger partial charge < -0.3 is 9.64 Å². The summed E-state index contributed by atoms with van der Waals surface area (Å²) in [6.45, 7) is 2.53. The molecule has 0 bridgehead atoms. The lowest BCUT2D eigenvalue weighted by Crippen LogP contribution is -2.54. The van der Waals surface area contributed by atoms with E-state index in [1.165, 1.54) is 16.9 Å². The Labute approximate surface area is 117 Å². The van der Waals surface area contributed by atoms with Crippen LogP contribution in [-0.2, 0) is 9.59 Å². The highest BCUT2D eigenvalue weighted by Crippen LogP contribution is 2.30. The molecule has 6 nitrogen and oxygen atoms in total. The van der Waals surface area contributed by atoms with Crippen LogP contribution in [0.4, 0.5) is 5.69 Å². The Kier molecular flexibility index (Phi) is 3.89. The van der Waals surface area contributed by atoms with Crippen molar-refractivity contribution in [3.8, 4) is 11.8 Å². The third-order valence-electron chi connectivity index (χ3n) is 3.20. The third kappa shape index (κ3) is 2.43. The summed E-state index contributed by atoms with van der Waals surface area (Å²) in [6, 6.07) is 7.34. The second-order valence-corrected chi connectivity index (χ2v) is 4.52. The smallest absolute Gasteiger partial charge is 0.316 e. The van der Waals surface area contributed by atoms with E-state index >= 15 is 0 Å². The van der Waals surface area contributed by atoms with Crippen LogP contribution in [-0.4, -0.2) is 43.5 Å². The molecule has 1 aromatic rings. The van der Waals surface area contributed by atoms with E-state index in [2.05, 4.69) is 0 Å². The maximum absolute atomic E-state index is 12.2. The molecular formula is C14H15N3O3. The Balaban J connectivity index is 2.31. The Bertz CT molecular complexity index is 592. The van der Waals surface area contributed by atoms with Gasteiger partial charge in [-0.2, -0.15) is 5.26 Å². The monoisotopic (exact) mass is 273 g/mol. The van der Waals surface area contributed by atoms with Gasteiger partial charge in [0.15, 0.2) is 0 Å². The zero-order valence-corrected chi connectivity index (χ0v) is 11.4. The molecule has 0 N–H and O–H groups in total. The van der Waals surface area contributed by atoms with Crippen molar-refractivity contribution in [1.82, 2.24) is 4.90 Å². The largest absolute Gasteiger partial charge is 0.495 e. The Hall–Kier alpha value is -2.55. The lowest BCUT2D eigenvalue weighted by atomic mass is 10.1. The summed E-state index contributed by atoms with van der Waals surface area (Å²) >= 11 is 0. The summed E-state index contributed by atoms with van der Waals surface area (Å²) in [6.07, 6.45) is 0. The first-order valence-corrected chi connectivity index (χ1v) is 6.21. The first kappa shape index (κ1) is 13.9. The van der Waals surface area contributed by atoms with Gasteiger partial charge >= 0.3 is 11.8 Å². The van der Waals surface area contributed by atoms with Gasteiger partial charge in [-0.15, -0.1) is 0 Å². The first-order valence-electron chi connectivity index (χ1n) is 6.21. The van der Waals surface area contributed by atoms with Crippen molar-refractivity contribution in [2.75, 3.05) is 31.6 Å². The Morgan fingerprint density at radius 1 is 1.30 bits per heavy atom. The number of piperazine rings is 1. The molecule has 1 aliphatic heterocycles. The number of aryl methyl sites for hydroxylation is 1. The minimum atomic E-state index is -0.652. The predicted octanol–water partition coefficient (Wildman–Crippen LogP) is 0.702. The zero-order valence-electron chi connectivity index (χ0n) is 11.4. The minimum Gasteiger partial charge on any atom is -0.495 e. The lowest BCUT2D eigenvalue weighted by molar-refractivity contribution is -0.145. The van der Waals surface area contributed by atoms with Crippen molar-refractivity contribution >= 4 is 17.5 Å². The van der Waals surface area contributed by atoms with Gasteiger partial charge in [0, 0.05) is 13.1 Å². The molecule has 0 radical (unpaired) electrons. The highest BCUT2D eigenvalue weighted by Gasteiger charge is 2.34. The summed E-state index contributed by atoms with van der Waals surface area (Å²) in [7, 11) is 1.52. The highest BCUT2D eigenvalue weighted by molar-refractivity contribution is 6.41. The number of amides is 2. The number of nitriles is 1. The fourth-order valence-corrected chi connectivity index (χ4v) is 2.15. The quantitative estimate of drug-likeness (QED) is 0.600. The molecule has 0 aliphatic carbocycles. The van der Waals surface area contributed by atoms with Crippen LogP contribution in [0.25, 0.3) is 0 Å². The topological polar surface area (TPSA) is 73.6 Å². The van der Waals surface area contributed by atoms with Crippen LogP contribution in [0.1, 0.15) is 5.56 Å². The van der Waals surface area contributed by atoms with E-state index in [9.17, 15) is 9.59 Å². The fraction of sp³-hybridized carbons (Fsp3) is 0.357. The minimum absolute atomic E-state index is 0.0661. The predicted molar refractivity (Wildman–Crippen MR) is 72.3 cm³/mol. The molecule has 0 atom stereocenters. The van der Waals surface area contributed by atoms with Crippen molar-refractivity contribution in [2.45, 2.75) is 6.92 Å². The number of methoxy groups -OCH3 is 1. The van der Waals surface area contributed by atoms with Crippen LogP contribution >= 0.6 is 0 Å². The van der Waals surface area contributed by atoms with Crippen molar-refractivity contribution in [1.29, 1.82) is 5.26 Å². The molecule has 1 heterocycles. The number of benzene rings is 1. The molecule has 2 rings (SSSR count). The SMILES string of the molecule is COc1ccc(C)cc1N1CCN(CC#N)C(=O)C1=O. The van der Waals surface area contributed by atoms with Crippen LogP contribution in [0.15, 0.2) is 18.2 Å². The first-order chi connectivity index (χ1) is 9.58. The summed E-state index contributed by atoms with van der Waals surface area (Å²) < 4.78 is 5.24. The lowest BCUT2D eigenvalue weighted by Gasteiger charge is -2.33. The second kappa shape index (κ2) is 5.61.